The van der Waals surface area contributed by atoms with Crippen LogP contribution in [0.5, 0.6) is 0 Å². The highest BCUT2D eigenvalue weighted by Crippen LogP contribution is 2.40. The van der Waals surface area contributed by atoms with Crippen LogP contribution >= 0.6 is 0 Å². The zero-order chi connectivity index (χ0) is 24.6. The van der Waals surface area contributed by atoms with Crippen LogP contribution in [0.1, 0.15) is 29.7 Å². The summed E-state index contributed by atoms with van der Waals surface area (Å²) in [6.45, 7) is 3.93. The number of nitrogens with one attached hydrogen (secondary N) is 1. The van der Waals surface area contributed by atoms with Crippen LogP contribution < -0.4 is 15.1 Å². The fourth-order valence-electron chi connectivity index (χ4n) is 5.32. The summed E-state index contributed by atoms with van der Waals surface area (Å²) < 4.78 is 40.3. The van der Waals surface area contributed by atoms with Gasteiger partial charge in [-0.25, -0.2) is 0 Å². The minimum absolute atomic E-state index is 0.130. The van der Waals surface area contributed by atoms with E-state index >= 15 is 0 Å². The zero-order valence-electron chi connectivity index (χ0n) is 19.5. The van der Waals surface area contributed by atoms with E-state index < -0.39 is 17.7 Å². The summed E-state index contributed by atoms with van der Waals surface area (Å²) in [7, 11) is 0. The Hall–Kier alpha value is -3.48. The Morgan fingerprint density at radius 2 is 1.66 bits per heavy atom. The lowest BCUT2D eigenvalue weighted by Crippen LogP contribution is -2.61. The van der Waals surface area contributed by atoms with Crippen molar-refractivity contribution < 1.29 is 18.0 Å². The number of para-hydroxylation sites is 1. The van der Waals surface area contributed by atoms with Crippen molar-refractivity contribution in [3.05, 3.63) is 95.6 Å². The van der Waals surface area contributed by atoms with Crippen molar-refractivity contribution in [3.63, 3.8) is 0 Å². The van der Waals surface area contributed by atoms with E-state index in [1.807, 2.05) is 55.5 Å². The van der Waals surface area contributed by atoms with Gasteiger partial charge in [0.05, 0.1) is 23.6 Å². The van der Waals surface area contributed by atoms with Gasteiger partial charge in [-0.05, 0) is 54.8 Å². The minimum atomic E-state index is -4.42. The van der Waals surface area contributed by atoms with Crippen molar-refractivity contribution in [2.45, 2.75) is 31.6 Å². The van der Waals surface area contributed by atoms with Gasteiger partial charge in [0, 0.05) is 31.0 Å². The predicted molar refractivity (Wildman–Crippen MR) is 131 cm³/mol. The van der Waals surface area contributed by atoms with Gasteiger partial charge in [0.15, 0.2) is 0 Å². The third kappa shape index (κ3) is 4.72. The van der Waals surface area contributed by atoms with Gasteiger partial charge >= 0.3 is 6.18 Å². The van der Waals surface area contributed by atoms with Gasteiger partial charge in [0.25, 0.3) is 0 Å². The first-order valence-corrected chi connectivity index (χ1v) is 11.9. The average molecular weight is 480 g/mol. The van der Waals surface area contributed by atoms with Crippen molar-refractivity contribution in [2.75, 3.05) is 29.4 Å². The molecule has 0 aliphatic carbocycles. The normalized spacial score (nSPS) is 20.6. The van der Waals surface area contributed by atoms with Crippen molar-refractivity contribution in [2.24, 2.45) is 5.92 Å². The molecule has 1 fully saturated rings. The SMILES string of the molecule is C[C@@H](NC(=O)[C@@H]1Cc2cc(C(F)(F)F)ccc2N2CCN(c3ccccc3)C[C@H]12)c1ccccc1. The van der Waals surface area contributed by atoms with Crippen molar-refractivity contribution >= 4 is 17.3 Å². The van der Waals surface area contributed by atoms with Crippen LogP contribution in [0, 0.1) is 5.92 Å². The van der Waals surface area contributed by atoms with Crippen LogP contribution in [0.25, 0.3) is 0 Å². The Morgan fingerprint density at radius 3 is 2.34 bits per heavy atom. The Kier molecular flexibility index (Phi) is 6.17. The molecule has 1 N–H and O–H groups in total. The zero-order valence-corrected chi connectivity index (χ0v) is 19.5. The number of halogens is 3. The lowest BCUT2D eigenvalue weighted by Gasteiger charge is -2.50. The third-order valence-corrected chi connectivity index (χ3v) is 7.16. The molecule has 35 heavy (non-hydrogen) atoms. The molecule has 0 bridgehead atoms. The molecule has 0 radical (unpaired) electrons. The molecular formula is C28H28F3N3O. The highest BCUT2D eigenvalue weighted by atomic mass is 19.4. The second-order valence-corrected chi connectivity index (χ2v) is 9.34. The van der Waals surface area contributed by atoms with Gasteiger partial charge < -0.3 is 15.1 Å². The molecule has 0 saturated carbocycles. The Labute approximate surface area is 203 Å². The molecule has 3 atom stereocenters. The number of alkyl halides is 3. The van der Waals surface area contributed by atoms with Crippen molar-refractivity contribution in [3.8, 4) is 0 Å². The number of carbonyl (C=O) groups excluding carboxylic acids is 1. The van der Waals surface area contributed by atoms with Gasteiger partial charge in [-0.1, -0.05) is 48.5 Å². The molecule has 7 heteroatoms. The number of anilines is 2. The molecule has 182 valence electrons. The van der Waals surface area contributed by atoms with Gasteiger partial charge in [-0.3, -0.25) is 4.79 Å². The number of carbonyl (C=O) groups is 1. The summed E-state index contributed by atoms with van der Waals surface area (Å²) >= 11 is 0. The lowest BCUT2D eigenvalue weighted by molar-refractivity contribution is -0.137. The largest absolute Gasteiger partial charge is 0.416 e. The van der Waals surface area contributed by atoms with E-state index in [2.05, 4.69) is 27.2 Å². The van der Waals surface area contributed by atoms with E-state index in [1.54, 1.807) is 6.07 Å². The average Bonchev–Trinajstić information content (AvgIpc) is 2.88. The monoisotopic (exact) mass is 479 g/mol. The molecule has 0 unspecified atom stereocenters. The molecular weight excluding hydrogens is 451 g/mol. The van der Waals surface area contributed by atoms with E-state index in [0.717, 1.165) is 29.5 Å². The Morgan fingerprint density at radius 1 is 0.971 bits per heavy atom. The van der Waals surface area contributed by atoms with Crippen LogP contribution in [0.4, 0.5) is 24.5 Å². The maximum absolute atomic E-state index is 13.6. The van der Waals surface area contributed by atoms with Gasteiger partial charge in [-0.15, -0.1) is 0 Å². The van der Waals surface area contributed by atoms with E-state index in [0.29, 0.717) is 18.7 Å². The quantitative estimate of drug-likeness (QED) is 0.541. The number of fused-ring (bicyclic) bond motifs is 3. The first-order valence-electron chi connectivity index (χ1n) is 11.9. The van der Waals surface area contributed by atoms with Crippen LogP contribution in [-0.2, 0) is 17.4 Å². The van der Waals surface area contributed by atoms with E-state index in [-0.39, 0.29) is 24.4 Å². The topological polar surface area (TPSA) is 35.6 Å². The molecule has 2 aliphatic heterocycles. The number of piperazine rings is 1. The lowest BCUT2D eigenvalue weighted by atomic mass is 9.82. The van der Waals surface area contributed by atoms with Gasteiger partial charge in [-0.2, -0.15) is 13.2 Å². The smallest absolute Gasteiger partial charge is 0.368 e. The summed E-state index contributed by atoms with van der Waals surface area (Å²) in [5, 5.41) is 3.12. The van der Waals surface area contributed by atoms with Crippen LogP contribution in [0.15, 0.2) is 78.9 Å². The highest BCUT2D eigenvalue weighted by Gasteiger charge is 2.43. The number of hydrogen-bond acceptors (Lipinski definition) is 3. The van der Waals surface area contributed by atoms with Crippen LogP contribution in [0.3, 0.4) is 0 Å². The van der Waals surface area contributed by atoms with Crippen molar-refractivity contribution in [1.29, 1.82) is 0 Å². The Bertz CT molecular complexity index is 1180. The molecule has 0 aromatic heterocycles. The van der Waals surface area contributed by atoms with Crippen molar-refractivity contribution in [1.82, 2.24) is 5.32 Å². The predicted octanol–water partition coefficient (Wildman–Crippen LogP) is 5.45. The molecule has 2 heterocycles. The number of hydrogen-bond donors (Lipinski definition) is 1. The summed E-state index contributed by atoms with van der Waals surface area (Å²) in [4.78, 5) is 18.0. The first kappa shape index (κ1) is 23.3. The summed E-state index contributed by atoms with van der Waals surface area (Å²) in [6.07, 6.45) is -4.14. The maximum atomic E-state index is 13.6. The molecule has 2 aliphatic rings. The Balaban J connectivity index is 1.46. The molecule has 1 saturated heterocycles. The molecule has 3 aromatic rings. The van der Waals surface area contributed by atoms with Crippen LogP contribution in [0.2, 0.25) is 0 Å². The van der Waals surface area contributed by atoms with E-state index in [4.69, 9.17) is 0 Å². The van der Waals surface area contributed by atoms with Gasteiger partial charge in [0.2, 0.25) is 5.91 Å². The molecule has 3 aromatic carbocycles. The van der Waals surface area contributed by atoms with E-state index in [1.165, 1.54) is 6.07 Å². The number of rotatable bonds is 4. The maximum Gasteiger partial charge on any atom is 0.416 e. The number of nitrogens with zero attached hydrogens (tertiary/aromatic N) is 2. The number of amides is 1. The first-order chi connectivity index (χ1) is 16.8. The fraction of sp³-hybridized carbons (Fsp3) is 0.321. The third-order valence-electron chi connectivity index (χ3n) is 7.16. The van der Waals surface area contributed by atoms with Crippen LogP contribution in [-0.4, -0.2) is 31.6 Å². The second-order valence-electron chi connectivity index (χ2n) is 9.34. The second kappa shape index (κ2) is 9.29. The minimum Gasteiger partial charge on any atom is -0.368 e. The van der Waals surface area contributed by atoms with E-state index in [9.17, 15) is 18.0 Å². The summed E-state index contributed by atoms with van der Waals surface area (Å²) in [6, 6.07) is 23.3. The standard InChI is InChI=1S/C28H28F3N3O/c1-19(20-8-4-2-5-9-20)32-27(35)24-17-21-16-22(28(29,30)31)12-13-25(21)34-15-14-33(18-26(24)34)23-10-6-3-7-11-23/h2-13,16,19,24,26H,14-15,17-18H2,1H3,(H,32,35)/t19-,24-,26-/m1/s1. The molecule has 0 spiro atoms. The van der Waals surface area contributed by atoms with Gasteiger partial charge in [0.1, 0.15) is 0 Å². The summed E-state index contributed by atoms with van der Waals surface area (Å²) in [5.74, 6) is -0.599. The molecule has 5 rings (SSSR count). The molecule has 1 amide bonds. The highest BCUT2D eigenvalue weighted by molar-refractivity contribution is 5.83. The summed E-state index contributed by atoms with van der Waals surface area (Å²) in [5.41, 5.74) is 2.78. The molecule has 4 nitrogen and oxygen atoms in total. The fourth-order valence-corrected chi connectivity index (χ4v) is 5.32. The number of benzene rings is 3.